The molecule has 1 rings (SSSR count). The van der Waals surface area contributed by atoms with Crippen molar-refractivity contribution in [3.8, 4) is 5.75 Å². The van der Waals surface area contributed by atoms with Crippen LogP contribution in [0.25, 0.3) is 0 Å². The van der Waals surface area contributed by atoms with Crippen LogP contribution in [0.1, 0.15) is 122 Å². The third-order valence-electron chi connectivity index (χ3n) is 7.18. The second kappa shape index (κ2) is 23.1. The molecule has 39 heavy (non-hydrogen) atoms. The van der Waals surface area contributed by atoms with Crippen molar-refractivity contribution in [1.82, 2.24) is 0 Å². The SMILES string of the molecule is CCCCCCCCCCCCCCCCOCC(COc1ccc(CCCC[N+](C)(C)C)cc1)OC(C)=O. The minimum absolute atomic E-state index is 0.298. The molecule has 5 nitrogen and oxygen atoms in total. The Morgan fingerprint density at radius 3 is 1.77 bits per heavy atom. The minimum Gasteiger partial charge on any atom is -0.490 e. The Morgan fingerprint density at radius 1 is 0.718 bits per heavy atom. The van der Waals surface area contributed by atoms with Gasteiger partial charge in [0.1, 0.15) is 12.4 Å². The van der Waals surface area contributed by atoms with Crippen molar-refractivity contribution in [3.63, 3.8) is 0 Å². The van der Waals surface area contributed by atoms with Gasteiger partial charge in [-0.1, -0.05) is 103 Å². The lowest BCUT2D eigenvalue weighted by atomic mass is 10.0. The van der Waals surface area contributed by atoms with E-state index in [9.17, 15) is 4.79 Å². The molecule has 0 amide bonds. The van der Waals surface area contributed by atoms with E-state index in [0.29, 0.717) is 19.8 Å². The average Bonchev–Trinajstić information content (AvgIpc) is 2.89. The molecule has 0 saturated heterocycles. The number of ether oxygens (including phenoxy) is 3. The third kappa shape index (κ3) is 22.9. The lowest BCUT2D eigenvalue weighted by molar-refractivity contribution is -0.870. The smallest absolute Gasteiger partial charge is 0.303 e. The van der Waals surface area contributed by atoms with Gasteiger partial charge in [-0.05, 0) is 43.4 Å². The molecule has 5 heteroatoms. The maximum Gasteiger partial charge on any atom is 0.303 e. The summed E-state index contributed by atoms with van der Waals surface area (Å²) in [6.45, 7) is 6.30. The molecule has 1 unspecified atom stereocenters. The molecule has 1 atom stereocenters. The maximum atomic E-state index is 11.5. The van der Waals surface area contributed by atoms with Crippen LogP contribution >= 0.6 is 0 Å². The summed E-state index contributed by atoms with van der Waals surface area (Å²) in [6, 6.07) is 8.29. The highest BCUT2D eigenvalue weighted by Crippen LogP contribution is 2.16. The maximum absolute atomic E-state index is 11.5. The number of hydrogen-bond donors (Lipinski definition) is 0. The predicted molar refractivity (Wildman–Crippen MR) is 164 cm³/mol. The van der Waals surface area contributed by atoms with Crippen LogP contribution in [-0.2, 0) is 20.7 Å². The summed E-state index contributed by atoms with van der Waals surface area (Å²) in [5.41, 5.74) is 1.33. The molecule has 0 aliphatic carbocycles. The second-order valence-electron chi connectivity index (χ2n) is 12.3. The predicted octanol–water partition coefficient (Wildman–Crippen LogP) is 8.52. The molecule has 1 aromatic rings. The zero-order valence-corrected chi connectivity index (χ0v) is 26.3. The molecule has 1 aromatic carbocycles. The van der Waals surface area contributed by atoms with Crippen molar-refractivity contribution in [3.05, 3.63) is 29.8 Å². The van der Waals surface area contributed by atoms with Crippen LogP contribution in [0.3, 0.4) is 0 Å². The van der Waals surface area contributed by atoms with Crippen molar-refractivity contribution < 1.29 is 23.5 Å². The van der Waals surface area contributed by atoms with Gasteiger partial charge in [0, 0.05) is 13.5 Å². The Bertz CT molecular complexity index is 698. The first kappa shape index (κ1) is 35.4. The van der Waals surface area contributed by atoms with Gasteiger partial charge < -0.3 is 18.7 Å². The second-order valence-corrected chi connectivity index (χ2v) is 12.3. The van der Waals surface area contributed by atoms with Crippen LogP contribution < -0.4 is 4.74 Å². The number of hydrogen-bond acceptors (Lipinski definition) is 4. The quantitative estimate of drug-likeness (QED) is 0.0661. The number of quaternary nitrogens is 1. The number of nitrogens with zero attached hydrogens (tertiary/aromatic N) is 1. The highest BCUT2D eigenvalue weighted by Gasteiger charge is 2.14. The molecule has 0 fully saturated rings. The van der Waals surface area contributed by atoms with Crippen molar-refractivity contribution in [2.75, 3.05) is 47.5 Å². The molecular formula is C34H62NO4+. The zero-order chi connectivity index (χ0) is 28.6. The van der Waals surface area contributed by atoms with Crippen LogP contribution in [0.2, 0.25) is 0 Å². The highest BCUT2D eigenvalue weighted by molar-refractivity contribution is 5.66. The van der Waals surface area contributed by atoms with Crippen LogP contribution in [0.4, 0.5) is 0 Å². The summed E-state index contributed by atoms with van der Waals surface area (Å²) in [5.74, 6) is 0.502. The van der Waals surface area contributed by atoms with Gasteiger partial charge in [-0.25, -0.2) is 0 Å². The Labute approximate surface area is 241 Å². The lowest BCUT2D eigenvalue weighted by Crippen LogP contribution is -2.35. The molecular weight excluding hydrogens is 486 g/mol. The molecule has 0 aliphatic rings. The molecule has 0 aromatic heterocycles. The van der Waals surface area contributed by atoms with E-state index in [1.54, 1.807) is 0 Å². The highest BCUT2D eigenvalue weighted by atomic mass is 16.6. The van der Waals surface area contributed by atoms with Gasteiger partial charge in [-0.2, -0.15) is 0 Å². The zero-order valence-electron chi connectivity index (χ0n) is 26.3. The first-order chi connectivity index (χ1) is 18.8. The van der Waals surface area contributed by atoms with Crippen molar-refractivity contribution in [1.29, 1.82) is 0 Å². The van der Waals surface area contributed by atoms with Gasteiger partial charge >= 0.3 is 5.97 Å². The fourth-order valence-electron chi connectivity index (χ4n) is 4.82. The van der Waals surface area contributed by atoms with E-state index < -0.39 is 0 Å². The van der Waals surface area contributed by atoms with E-state index in [0.717, 1.165) is 23.1 Å². The Balaban J connectivity index is 2.08. The van der Waals surface area contributed by atoms with E-state index in [4.69, 9.17) is 14.2 Å². The third-order valence-corrected chi connectivity index (χ3v) is 7.18. The summed E-state index contributed by atoms with van der Waals surface area (Å²) in [7, 11) is 6.71. The Hall–Kier alpha value is -1.59. The number of rotatable bonds is 26. The standard InChI is InChI=1S/C34H62NO4/c1-6-7-8-9-10-11-12-13-14-15-16-17-18-21-28-37-29-34(39-31(2)36)30-38-33-25-23-32(24-26-33)22-19-20-27-35(3,4)5/h23-26,34H,6-22,27-30H2,1-5H3/q+1. The summed E-state index contributed by atoms with van der Waals surface area (Å²) < 4.78 is 18.2. The van der Waals surface area contributed by atoms with E-state index in [2.05, 4.69) is 40.2 Å². The minimum atomic E-state index is -0.385. The molecule has 0 radical (unpaired) electrons. The van der Waals surface area contributed by atoms with Crippen LogP contribution in [0.5, 0.6) is 5.75 Å². The summed E-state index contributed by atoms with van der Waals surface area (Å²) in [5, 5.41) is 0. The molecule has 0 aliphatic heterocycles. The average molecular weight is 549 g/mol. The number of unbranched alkanes of at least 4 members (excludes halogenated alkanes) is 14. The normalized spacial score (nSPS) is 12.4. The number of benzene rings is 1. The van der Waals surface area contributed by atoms with Gasteiger partial charge in [0.2, 0.25) is 0 Å². The van der Waals surface area contributed by atoms with Crippen molar-refractivity contribution >= 4 is 5.97 Å². The van der Waals surface area contributed by atoms with E-state index >= 15 is 0 Å². The molecule has 0 spiro atoms. The van der Waals surface area contributed by atoms with Gasteiger partial charge in [-0.15, -0.1) is 0 Å². The van der Waals surface area contributed by atoms with E-state index in [1.165, 1.54) is 115 Å². The fourth-order valence-corrected chi connectivity index (χ4v) is 4.82. The topological polar surface area (TPSA) is 44.8 Å². The summed E-state index contributed by atoms with van der Waals surface area (Å²) >= 11 is 0. The molecule has 0 saturated carbocycles. The summed E-state index contributed by atoms with van der Waals surface area (Å²) in [4.78, 5) is 11.5. The molecule has 0 heterocycles. The van der Waals surface area contributed by atoms with Gasteiger partial charge in [0.25, 0.3) is 0 Å². The molecule has 0 N–H and O–H groups in total. The van der Waals surface area contributed by atoms with Gasteiger partial charge in [0.05, 0.1) is 34.3 Å². The van der Waals surface area contributed by atoms with E-state index in [-0.39, 0.29) is 12.1 Å². The lowest BCUT2D eigenvalue weighted by Gasteiger charge is -2.23. The van der Waals surface area contributed by atoms with E-state index in [1.807, 2.05) is 12.1 Å². The van der Waals surface area contributed by atoms with Crippen LogP contribution in [0.15, 0.2) is 24.3 Å². The number of carbonyl (C=O) groups excluding carboxylic acids is 1. The Kier molecular flexibility index (Phi) is 21.0. The largest absolute Gasteiger partial charge is 0.490 e. The Morgan fingerprint density at radius 2 is 1.26 bits per heavy atom. The summed E-state index contributed by atoms with van der Waals surface area (Å²) in [6.07, 6.45) is 22.0. The van der Waals surface area contributed by atoms with Gasteiger partial charge in [-0.3, -0.25) is 4.79 Å². The van der Waals surface area contributed by atoms with Crippen molar-refractivity contribution in [2.45, 2.75) is 129 Å². The van der Waals surface area contributed by atoms with Crippen LogP contribution in [0, 0.1) is 0 Å². The van der Waals surface area contributed by atoms with Gasteiger partial charge in [0.15, 0.2) is 6.10 Å². The first-order valence-electron chi connectivity index (χ1n) is 16.1. The molecule has 226 valence electrons. The first-order valence-corrected chi connectivity index (χ1v) is 16.1. The molecule has 0 bridgehead atoms. The monoisotopic (exact) mass is 548 g/mol. The number of esters is 1. The fraction of sp³-hybridized carbons (Fsp3) is 0.794. The van der Waals surface area contributed by atoms with Crippen molar-refractivity contribution in [2.24, 2.45) is 0 Å². The van der Waals surface area contributed by atoms with Crippen LogP contribution in [-0.4, -0.2) is 64.1 Å². The number of aryl methyl sites for hydroxylation is 1. The number of carbonyl (C=O) groups is 1.